The SMILES string of the molecule is CC.CNC(C(=O)N(C=O)c1ccccc1)C(C)c1ccccc1C. The number of hydrogen-bond acceptors (Lipinski definition) is 3. The quantitative estimate of drug-likeness (QED) is 0.811. The molecule has 2 amide bonds. The van der Waals surface area contributed by atoms with Gasteiger partial charge in [-0.25, -0.2) is 0 Å². The van der Waals surface area contributed by atoms with Gasteiger partial charge in [-0.1, -0.05) is 63.2 Å². The van der Waals surface area contributed by atoms with E-state index in [9.17, 15) is 9.59 Å². The first-order valence-corrected chi connectivity index (χ1v) is 8.66. The summed E-state index contributed by atoms with van der Waals surface area (Å²) in [7, 11) is 1.74. The molecule has 2 aromatic rings. The molecule has 4 heteroatoms. The first kappa shape index (κ1) is 20.6. The van der Waals surface area contributed by atoms with Crippen molar-refractivity contribution < 1.29 is 9.59 Å². The Balaban J connectivity index is 0.00000151. The summed E-state index contributed by atoms with van der Waals surface area (Å²) >= 11 is 0. The monoisotopic (exact) mass is 340 g/mol. The topological polar surface area (TPSA) is 49.4 Å². The van der Waals surface area contributed by atoms with Gasteiger partial charge in [0, 0.05) is 5.92 Å². The number of likely N-dealkylation sites (N-methyl/N-ethyl adjacent to an activating group) is 1. The number of nitrogens with zero attached hydrogens (tertiary/aromatic N) is 1. The van der Waals surface area contributed by atoms with Gasteiger partial charge in [-0.3, -0.25) is 14.5 Å². The van der Waals surface area contributed by atoms with Gasteiger partial charge < -0.3 is 5.32 Å². The molecule has 2 unspecified atom stereocenters. The lowest BCUT2D eigenvalue weighted by atomic mass is 9.89. The van der Waals surface area contributed by atoms with Crippen LogP contribution < -0.4 is 10.2 Å². The predicted molar refractivity (Wildman–Crippen MR) is 104 cm³/mol. The van der Waals surface area contributed by atoms with Crippen molar-refractivity contribution in [2.75, 3.05) is 11.9 Å². The maximum atomic E-state index is 12.9. The number of carbonyl (C=O) groups excluding carboxylic acids is 2. The molecule has 2 aromatic carbocycles. The molecule has 25 heavy (non-hydrogen) atoms. The molecular formula is C21H28N2O2. The van der Waals surface area contributed by atoms with Crippen molar-refractivity contribution in [1.29, 1.82) is 0 Å². The maximum Gasteiger partial charge on any atom is 0.251 e. The molecule has 0 radical (unpaired) electrons. The van der Waals surface area contributed by atoms with Gasteiger partial charge in [0.2, 0.25) is 6.41 Å². The van der Waals surface area contributed by atoms with Crippen LogP contribution in [-0.4, -0.2) is 25.4 Å². The van der Waals surface area contributed by atoms with Crippen LogP contribution in [0.5, 0.6) is 0 Å². The Hall–Kier alpha value is -2.46. The van der Waals surface area contributed by atoms with E-state index in [4.69, 9.17) is 0 Å². The molecule has 2 rings (SSSR count). The summed E-state index contributed by atoms with van der Waals surface area (Å²) in [5.41, 5.74) is 2.80. The van der Waals surface area contributed by atoms with Crippen LogP contribution >= 0.6 is 0 Å². The average molecular weight is 340 g/mol. The Morgan fingerprint density at radius 3 is 2.12 bits per heavy atom. The van der Waals surface area contributed by atoms with E-state index in [1.165, 1.54) is 0 Å². The van der Waals surface area contributed by atoms with Gasteiger partial charge in [0.1, 0.15) is 0 Å². The van der Waals surface area contributed by atoms with Crippen molar-refractivity contribution in [3.8, 4) is 0 Å². The predicted octanol–water partition coefficient (Wildman–Crippen LogP) is 3.90. The highest BCUT2D eigenvalue weighted by atomic mass is 16.2. The standard InChI is InChI=1S/C19H22N2O2.C2H6/c1-14-9-7-8-12-17(14)15(2)18(20-3)19(23)21(13-22)16-10-5-4-6-11-16;1-2/h4-13,15,18,20H,1-3H3;1-2H3. The lowest BCUT2D eigenvalue weighted by molar-refractivity contribution is -0.123. The Labute approximate surface area is 150 Å². The largest absolute Gasteiger partial charge is 0.308 e. The molecule has 1 N–H and O–H groups in total. The zero-order valence-electron chi connectivity index (χ0n) is 15.7. The van der Waals surface area contributed by atoms with Gasteiger partial charge in [-0.05, 0) is 37.2 Å². The van der Waals surface area contributed by atoms with Crippen molar-refractivity contribution in [2.24, 2.45) is 0 Å². The number of anilines is 1. The Morgan fingerprint density at radius 2 is 1.60 bits per heavy atom. The minimum atomic E-state index is -0.485. The number of benzene rings is 2. The highest BCUT2D eigenvalue weighted by Gasteiger charge is 2.30. The Morgan fingerprint density at radius 1 is 1.04 bits per heavy atom. The fourth-order valence-electron chi connectivity index (χ4n) is 2.84. The first-order valence-electron chi connectivity index (χ1n) is 8.66. The van der Waals surface area contributed by atoms with Crippen LogP contribution in [0.2, 0.25) is 0 Å². The summed E-state index contributed by atoms with van der Waals surface area (Å²) in [5.74, 6) is -0.315. The molecule has 0 saturated heterocycles. The van der Waals surface area contributed by atoms with E-state index in [0.717, 1.165) is 16.0 Å². The van der Waals surface area contributed by atoms with Crippen LogP contribution in [0, 0.1) is 6.92 Å². The first-order chi connectivity index (χ1) is 12.1. The second-order valence-electron chi connectivity index (χ2n) is 5.56. The summed E-state index contributed by atoms with van der Waals surface area (Å²) in [6.45, 7) is 8.02. The molecule has 2 atom stereocenters. The van der Waals surface area contributed by atoms with E-state index in [0.29, 0.717) is 12.1 Å². The van der Waals surface area contributed by atoms with Crippen LogP contribution in [0.25, 0.3) is 0 Å². The Kier molecular flexibility index (Phi) is 8.57. The molecule has 0 fully saturated rings. The zero-order chi connectivity index (χ0) is 18.8. The Bertz CT molecular complexity index is 671. The van der Waals surface area contributed by atoms with Crippen LogP contribution in [0.3, 0.4) is 0 Å². The number of aryl methyl sites for hydroxylation is 1. The molecule has 0 aromatic heterocycles. The maximum absolute atomic E-state index is 12.9. The van der Waals surface area contributed by atoms with Crippen molar-refractivity contribution in [3.05, 3.63) is 65.7 Å². The molecule has 4 nitrogen and oxygen atoms in total. The van der Waals surface area contributed by atoms with Crippen LogP contribution in [-0.2, 0) is 9.59 Å². The van der Waals surface area contributed by atoms with Crippen molar-refractivity contribution in [1.82, 2.24) is 5.32 Å². The lowest BCUT2D eigenvalue weighted by Crippen LogP contribution is -2.47. The summed E-state index contributed by atoms with van der Waals surface area (Å²) < 4.78 is 0. The fraction of sp³-hybridized carbons (Fsp3) is 0.333. The number of nitrogens with one attached hydrogen (secondary N) is 1. The van der Waals surface area contributed by atoms with E-state index >= 15 is 0 Å². The third-order valence-corrected chi connectivity index (χ3v) is 4.13. The molecule has 0 saturated carbocycles. The number of para-hydroxylation sites is 1. The van der Waals surface area contributed by atoms with Crippen LogP contribution in [0.1, 0.15) is 37.8 Å². The average Bonchev–Trinajstić information content (AvgIpc) is 2.66. The van der Waals surface area contributed by atoms with Crippen LogP contribution in [0.4, 0.5) is 5.69 Å². The third-order valence-electron chi connectivity index (χ3n) is 4.13. The summed E-state index contributed by atoms with van der Waals surface area (Å²) in [6.07, 6.45) is 0.576. The van der Waals surface area contributed by atoms with E-state index < -0.39 is 6.04 Å². The second-order valence-corrected chi connectivity index (χ2v) is 5.56. The minimum absolute atomic E-state index is 0.0557. The van der Waals surface area contributed by atoms with Gasteiger partial charge in [0.05, 0.1) is 11.7 Å². The molecule has 0 spiro atoms. The summed E-state index contributed by atoms with van der Waals surface area (Å²) in [4.78, 5) is 25.5. The van der Waals surface area contributed by atoms with Crippen molar-refractivity contribution >= 4 is 18.0 Å². The van der Waals surface area contributed by atoms with Gasteiger partial charge in [0.15, 0.2) is 0 Å². The zero-order valence-corrected chi connectivity index (χ0v) is 15.7. The second kappa shape index (κ2) is 10.4. The smallest absolute Gasteiger partial charge is 0.251 e. The number of hydrogen-bond donors (Lipinski definition) is 1. The number of imide groups is 1. The van der Waals surface area contributed by atoms with E-state index in [1.54, 1.807) is 31.3 Å². The third kappa shape index (κ3) is 5.00. The van der Waals surface area contributed by atoms with E-state index in [2.05, 4.69) is 5.32 Å². The molecule has 0 bridgehead atoms. The van der Waals surface area contributed by atoms with Crippen molar-refractivity contribution in [2.45, 2.75) is 39.7 Å². The highest BCUT2D eigenvalue weighted by Crippen LogP contribution is 2.25. The van der Waals surface area contributed by atoms with Gasteiger partial charge in [-0.2, -0.15) is 0 Å². The number of rotatable bonds is 6. The lowest BCUT2D eigenvalue weighted by Gasteiger charge is -2.28. The van der Waals surface area contributed by atoms with Crippen LogP contribution in [0.15, 0.2) is 54.6 Å². The molecule has 0 aliphatic rings. The molecule has 0 aliphatic heterocycles. The molecular weight excluding hydrogens is 312 g/mol. The molecule has 0 aliphatic carbocycles. The fourth-order valence-corrected chi connectivity index (χ4v) is 2.84. The van der Waals surface area contributed by atoms with Crippen molar-refractivity contribution in [3.63, 3.8) is 0 Å². The molecule has 134 valence electrons. The van der Waals surface area contributed by atoms with Gasteiger partial charge in [-0.15, -0.1) is 0 Å². The normalized spacial score (nSPS) is 12.4. The van der Waals surface area contributed by atoms with Gasteiger partial charge in [0.25, 0.3) is 5.91 Å². The van der Waals surface area contributed by atoms with E-state index in [1.807, 2.05) is 58.0 Å². The minimum Gasteiger partial charge on any atom is -0.308 e. The molecule has 0 heterocycles. The highest BCUT2D eigenvalue weighted by molar-refractivity contribution is 6.09. The number of amides is 2. The van der Waals surface area contributed by atoms with E-state index in [-0.39, 0.29) is 11.8 Å². The summed E-state index contributed by atoms with van der Waals surface area (Å²) in [5, 5.41) is 3.06. The van der Waals surface area contributed by atoms with Gasteiger partial charge >= 0.3 is 0 Å². The number of carbonyl (C=O) groups is 2. The summed E-state index contributed by atoms with van der Waals surface area (Å²) in [6, 6.07) is 16.5.